The molecule has 0 saturated heterocycles. The van der Waals surface area contributed by atoms with E-state index >= 15 is 0 Å². The maximum Gasteiger partial charge on any atom is 0.430 e. The molecule has 14 heavy (non-hydrogen) atoms. The minimum atomic E-state index is -4.69. The van der Waals surface area contributed by atoms with E-state index in [0.29, 0.717) is 12.3 Å². The number of alkyl halides is 3. The summed E-state index contributed by atoms with van der Waals surface area (Å²) in [6, 6.07) is 0. The third kappa shape index (κ3) is 3.38. The van der Waals surface area contributed by atoms with Crippen molar-refractivity contribution in [2.75, 3.05) is 7.11 Å². The van der Waals surface area contributed by atoms with E-state index in [1.54, 1.807) is 0 Å². The van der Waals surface area contributed by atoms with Crippen LogP contribution in [-0.4, -0.2) is 19.3 Å². The zero-order valence-corrected chi connectivity index (χ0v) is 7.26. The number of halogens is 3. The molecule has 0 atom stereocenters. The number of carbonyl (C=O) groups is 1. The average molecular weight is 210 g/mol. The second-order valence-electron chi connectivity index (χ2n) is 2.21. The number of methoxy groups -OCH3 is 1. The van der Waals surface area contributed by atoms with Crippen molar-refractivity contribution < 1.29 is 22.7 Å². The molecule has 0 aliphatic heterocycles. The molecule has 0 fully saturated rings. The summed E-state index contributed by atoms with van der Waals surface area (Å²) in [7, 11) is 1.02. The Morgan fingerprint density at radius 3 is 2.21 bits per heavy atom. The molecule has 0 amide bonds. The number of esters is 1. The number of ether oxygens (including phenoxy) is 1. The Kier molecular flexibility index (Phi) is 4.00. The second-order valence-corrected chi connectivity index (χ2v) is 2.21. The number of hydrogen-bond acceptors (Lipinski definition) is 4. The maximum atomic E-state index is 11.9. The molecule has 0 aliphatic rings. The smallest absolute Gasteiger partial charge is 0.430 e. The predicted octanol–water partition coefficient (Wildman–Crippen LogP) is 0.407. The van der Waals surface area contributed by atoms with Gasteiger partial charge < -0.3 is 16.2 Å². The number of carbonyl (C=O) groups excluding carboxylic acids is 1. The topological polar surface area (TPSA) is 78.3 Å². The summed E-state index contributed by atoms with van der Waals surface area (Å²) >= 11 is 0. The molecule has 7 heteroatoms. The molecule has 0 bridgehead atoms. The third-order valence-corrected chi connectivity index (χ3v) is 1.24. The van der Waals surface area contributed by atoms with Gasteiger partial charge in [-0.1, -0.05) is 0 Å². The lowest BCUT2D eigenvalue weighted by atomic mass is 10.2. The minimum absolute atomic E-state index is 0.409. The van der Waals surface area contributed by atoms with Crippen molar-refractivity contribution in [3.8, 4) is 0 Å². The van der Waals surface area contributed by atoms with Crippen LogP contribution in [0.4, 0.5) is 13.2 Å². The molecule has 0 unspecified atom stereocenters. The summed E-state index contributed by atoms with van der Waals surface area (Å²) in [5.41, 5.74) is 7.69. The van der Waals surface area contributed by atoms with E-state index in [4.69, 9.17) is 5.73 Å². The lowest BCUT2D eigenvalue weighted by Crippen LogP contribution is -2.20. The van der Waals surface area contributed by atoms with Crippen molar-refractivity contribution in [1.82, 2.24) is 0 Å². The van der Waals surface area contributed by atoms with Gasteiger partial charge in [0.25, 0.3) is 0 Å². The Hall–Kier alpha value is -1.66. The van der Waals surface area contributed by atoms with E-state index in [1.807, 2.05) is 0 Å². The summed E-state index contributed by atoms with van der Waals surface area (Å²) in [5, 5.41) is 0. The van der Waals surface area contributed by atoms with Crippen LogP contribution in [0.15, 0.2) is 23.5 Å². The Balaban J connectivity index is 4.88. The number of allylic oxidation sites excluding steroid dienone is 1. The highest BCUT2D eigenvalue weighted by Gasteiger charge is 2.32. The summed E-state index contributed by atoms with van der Waals surface area (Å²) in [6.45, 7) is 0. The van der Waals surface area contributed by atoms with Gasteiger partial charge in [0.1, 0.15) is 5.70 Å². The quantitative estimate of drug-likeness (QED) is 0.393. The summed E-state index contributed by atoms with van der Waals surface area (Å²) in [4.78, 5) is 10.8. The van der Waals surface area contributed by atoms with Gasteiger partial charge in [0.2, 0.25) is 0 Å². The molecule has 0 radical (unpaired) electrons. The van der Waals surface area contributed by atoms with Crippen LogP contribution in [0.5, 0.6) is 0 Å². The van der Waals surface area contributed by atoms with Gasteiger partial charge in [-0.05, 0) is 6.08 Å². The number of hydrogen-bond donors (Lipinski definition) is 2. The first kappa shape index (κ1) is 12.3. The summed E-state index contributed by atoms with van der Waals surface area (Å²) in [6.07, 6.45) is -3.60. The molecule has 4 N–H and O–H groups in total. The molecular formula is C7H9F3N2O2. The van der Waals surface area contributed by atoms with Crippen molar-refractivity contribution in [3.63, 3.8) is 0 Å². The molecule has 0 aromatic rings. The molecule has 0 saturated carbocycles. The Bertz CT molecular complexity index is 281. The van der Waals surface area contributed by atoms with Gasteiger partial charge in [-0.2, -0.15) is 13.2 Å². The molecule has 0 aromatic heterocycles. The zero-order valence-electron chi connectivity index (χ0n) is 7.26. The fraction of sp³-hybridized carbons (Fsp3) is 0.286. The number of rotatable bonds is 2. The highest BCUT2D eigenvalue weighted by Crippen LogP contribution is 2.22. The molecule has 4 nitrogen and oxygen atoms in total. The van der Waals surface area contributed by atoms with E-state index < -0.39 is 23.4 Å². The van der Waals surface area contributed by atoms with E-state index in [2.05, 4.69) is 10.5 Å². The van der Waals surface area contributed by atoms with Gasteiger partial charge in [0, 0.05) is 6.20 Å². The fourth-order valence-corrected chi connectivity index (χ4v) is 0.542. The molecular weight excluding hydrogens is 201 g/mol. The van der Waals surface area contributed by atoms with Crippen LogP contribution < -0.4 is 11.5 Å². The van der Waals surface area contributed by atoms with Crippen LogP contribution in [0.3, 0.4) is 0 Å². The van der Waals surface area contributed by atoms with Crippen LogP contribution in [0.1, 0.15) is 0 Å². The lowest BCUT2D eigenvalue weighted by Gasteiger charge is -2.06. The molecule has 0 aliphatic carbocycles. The van der Waals surface area contributed by atoms with E-state index in [0.717, 1.165) is 7.11 Å². The van der Waals surface area contributed by atoms with Crippen LogP contribution in [0.2, 0.25) is 0 Å². The van der Waals surface area contributed by atoms with E-state index in [9.17, 15) is 18.0 Å². The van der Waals surface area contributed by atoms with Crippen molar-refractivity contribution in [2.24, 2.45) is 11.5 Å². The van der Waals surface area contributed by atoms with Gasteiger partial charge >= 0.3 is 12.1 Å². The van der Waals surface area contributed by atoms with E-state index in [-0.39, 0.29) is 0 Å². The van der Waals surface area contributed by atoms with Crippen LogP contribution >= 0.6 is 0 Å². The standard InChI is InChI=1S/C7H9F3N2O2/c1-14-6(13)4(3-11)2-5(12)7(8,9)10/h2-3H,11-12H2,1H3/b4-3+,5-2-. The van der Waals surface area contributed by atoms with Gasteiger partial charge in [0.15, 0.2) is 0 Å². The first-order valence-corrected chi connectivity index (χ1v) is 3.37. The number of nitrogens with two attached hydrogens (primary N) is 2. The predicted molar refractivity (Wildman–Crippen MR) is 42.6 cm³/mol. The van der Waals surface area contributed by atoms with Crippen molar-refractivity contribution in [1.29, 1.82) is 0 Å². The normalized spacial score (nSPS) is 14.0. The van der Waals surface area contributed by atoms with Crippen molar-refractivity contribution >= 4 is 5.97 Å². The molecule has 0 rings (SSSR count). The maximum absolute atomic E-state index is 11.9. The average Bonchev–Trinajstić information content (AvgIpc) is 2.10. The fourth-order valence-electron chi connectivity index (χ4n) is 0.542. The second kappa shape index (κ2) is 4.54. The van der Waals surface area contributed by atoms with Gasteiger partial charge in [-0.15, -0.1) is 0 Å². The minimum Gasteiger partial charge on any atom is -0.465 e. The van der Waals surface area contributed by atoms with E-state index in [1.165, 1.54) is 0 Å². The molecule has 80 valence electrons. The highest BCUT2D eigenvalue weighted by atomic mass is 19.4. The lowest BCUT2D eigenvalue weighted by molar-refractivity contribution is -0.135. The van der Waals surface area contributed by atoms with Gasteiger partial charge in [-0.25, -0.2) is 4.79 Å². The Morgan fingerprint density at radius 1 is 1.43 bits per heavy atom. The summed E-state index contributed by atoms with van der Waals surface area (Å²) in [5.74, 6) is -0.986. The largest absolute Gasteiger partial charge is 0.465 e. The summed E-state index contributed by atoms with van der Waals surface area (Å²) < 4.78 is 39.9. The Morgan fingerprint density at radius 2 is 1.93 bits per heavy atom. The zero-order chi connectivity index (χ0) is 11.4. The molecule has 0 spiro atoms. The van der Waals surface area contributed by atoms with Crippen molar-refractivity contribution in [2.45, 2.75) is 6.18 Å². The first-order valence-electron chi connectivity index (χ1n) is 3.37. The third-order valence-electron chi connectivity index (χ3n) is 1.24. The van der Waals surface area contributed by atoms with Gasteiger partial charge in [0.05, 0.1) is 12.7 Å². The monoisotopic (exact) mass is 210 g/mol. The van der Waals surface area contributed by atoms with Crippen LogP contribution in [-0.2, 0) is 9.53 Å². The van der Waals surface area contributed by atoms with Crippen LogP contribution in [0, 0.1) is 0 Å². The van der Waals surface area contributed by atoms with Crippen molar-refractivity contribution in [3.05, 3.63) is 23.5 Å². The van der Waals surface area contributed by atoms with Gasteiger partial charge in [-0.3, -0.25) is 0 Å². The Labute approximate surface area is 78.0 Å². The molecule has 0 aromatic carbocycles. The highest BCUT2D eigenvalue weighted by molar-refractivity contribution is 5.91. The SMILES string of the molecule is COC(=O)C(/C=C(\N)C(F)(F)F)=C/N. The molecule has 0 heterocycles. The first-order chi connectivity index (χ1) is 6.32. The van der Waals surface area contributed by atoms with Crippen LogP contribution in [0.25, 0.3) is 0 Å².